The van der Waals surface area contributed by atoms with Gasteiger partial charge in [-0.05, 0) is 23.8 Å². The van der Waals surface area contributed by atoms with Crippen LogP contribution in [0, 0.1) is 0 Å². The molecule has 3 aromatic rings. The van der Waals surface area contributed by atoms with Gasteiger partial charge in [0.15, 0.2) is 0 Å². The summed E-state index contributed by atoms with van der Waals surface area (Å²) in [6.07, 6.45) is 0.0791. The van der Waals surface area contributed by atoms with E-state index in [0.29, 0.717) is 34.5 Å². The highest BCUT2D eigenvalue weighted by molar-refractivity contribution is 5.88. The number of nitrogens with zero attached hydrogens (tertiary/aromatic N) is 2. The Bertz CT molecular complexity index is 1020. The molecule has 140 valence electrons. The van der Waals surface area contributed by atoms with Crippen LogP contribution in [0.5, 0.6) is 11.5 Å². The zero-order chi connectivity index (χ0) is 19.4. The summed E-state index contributed by atoms with van der Waals surface area (Å²) in [6, 6.07) is 12.6. The van der Waals surface area contributed by atoms with Gasteiger partial charge in [-0.3, -0.25) is 9.59 Å². The molecule has 2 aromatic carbocycles. The number of aryl methyl sites for hydroxylation is 1. The molecule has 1 N–H and O–H groups in total. The third-order valence-corrected chi connectivity index (χ3v) is 4.26. The number of benzene rings is 2. The lowest BCUT2D eigenvalue weighted by Gasteiger charge is -2.11. The van der Waals surface area contributed by atoms with Crippen LogP contribution in [0.3, 0.4) is 0 Å². The van der Waals surface area contributed by atoms with Gasteiger partial charge >= 0.3 is 0 Å². The lowest BCUT2D eigenvalue weighted by atomic mass is 10.1. The number of aromatic nitrogens is 2. The van der Waals surface area contributed by atoms with E-state index in [2.05, 4.69) is 10.4 Å². The number of rotatable bonds is 6. The van der Waals surface area contributed by atoms with Crippen LogP contribution >= 0.6 is 0 Å². The molecule has 0 bridgehead atoms. The van der Waals surface area contributed by atoms with Crippen molar-refractivity contribution in [3.05, 3.63) is 64.1 Å². The average Bonchev–Trinajstić information content (AvgIpc) is 2.70. The summed E-state index contributed by atoms with van der Waals surface area (Å²) >= 11 is 0. The van der Waals surface area contributed by atoms with E-state index in [4.69, 9.17) is 9.47 Å². The molecule has 7 heteroatoms. The third-order valence-electron chi connectivity index (χ3n) is 4.26. The first-order valence-corrected chi connectivity index (χ1v) is 8.45. The first-order chi connectivity index (χ1) is 13.0. The molecule has 7 nitrogen and oxygen atoms in total. The summed E-state index contributed by atoms with van der Waals surface area (Å²) in [5.41, 5.74) is 1.24. The number of methoxy groups -OCH3 is 2. The Morgan fingerprint density at radius 1 is 1.07 bits per heavy atom. The highest BCUT2D eigenvalue weighted by atomic mass is 16.5. The monoisotopic (exact) mass is 367 g/mol. The van der Waals surface area contributed by atoms with E-state index >= 15 is 0 Å². The van der Waals surface area contributed by atoms with Crippen LogP contribution in [0.1, 0.15) is 11.3 Å². The molecular weight excluding hydrogens is 346 g/mol. The summed E-state index contributed by atoms with van der Waals surface area (Å²) in [5.74, 6) is 1.13. The summed E-state index contributed by atoms with van der Waals surface area (Å²) in [6.45, 7) is 0.329. The molecular formula is C20H21N3O4. The smallest absolute Gasteiger partial charge is 0.274 e. The number of fused-ring (bicyclic) bond motifs is 1. The number of carbonyl (C=O) groups excluding carboxylic acids is 1. The molecule has 27 heavy (non-hydrogen) atoms. The Balaban J connectivity index is 1.77. The highest BCUT2D eigenvalue weighted by Crippen LogP contribution is 2.22. The number of ether oxygens (including phenoxy) is 2. The van der Waals surface area contributed by atoms with Crippen molar-refractivity contribution in [3.63, 3.8) is 0 Å². The van der Waals surface area contributed by atoms with Crippen molar-refractivity contribution in [2.45, 2.75) is 13.0 Å². The molecule has 0 saturated carbocycles. The van der Waals surface area contributed by atoms with Gasteiger partial charge in [-0.1, -0.05) is 18.2 Å². The lowest BCUT2D eigenvalue weighted by Crippen LogP contribution is -2.27. The van der Waals surface area contributed by atoms with E-state index in [0.717, 1.165) is 5.56 Å². The zero-order valence-electron chi connectivity index (χ0n) is 15.5. The van der Waals surface area contributed by atoms with E-state index in [-0.39, 0.29) is 17.9 Å². The minimum atomic E-state index is -0.187. The van der Waals surface area contributed by atoms with Crippen molar-refractivity contribution in [1.29, 1.82) is 0 Å². The fourth-order valence-corrected chi connectivity index (χ4v) is 2.89. The minimum absolute atomic E-state index is 0.0791. The number of hydrogen-bond donors (Lipinski definition) is 1. The second kappa shape index (κ2) is 7.90. The van der Waals surface area contributed by atoms with Crippen LogP contribution in [0.15, 0.2) is 47.3 Å². The molecule has 0 aliphatic heterocycles. The molecule has 1 amide bonds. The van der Waals surface area contributed by atoms with Crippen molar-refractivity contribution in [1.82, 2.24) is 15.1 Å². The summed E-state index contributed by atoms with van der Waals surface area (Å²) in [5, 5.41) is 8.37. The maximum absolute atomic E-state index is 12.4. The van der Waals surface area contributed by atoms with Crippen molar-refractivity contribution in [2.24, 2.45) is 7.05 Å². The number of amides is 1. The molecule has 1 heterocycles. The van der Waals surface area contributed by atoms with E-state index in [1.807, 2.05) is 18.2 Å². The summed E-state index contributed by atoms with van der Waals surface area (Å²) in [7, 11) is 4.74. The molecule has 0 radical (unpaired) electrons. The largest absolute Gasteiger partial charge is 0.497 e. The summed E-state index contributed by atoms with van der Waals surface area (Å²) < 4.78 is 11.7. The van der Waals surface area contributed by atoms with Crippen LogP contribution in [-0.2, 0) is 24.8 Å². The van der Waals surface area contributed by atoms with Gasteiger partial charge in [-0.25, -0.2) is 4.68 Å². The Kier molecular flexibility index (Phi) is 5.40. The molecule has 0 aliphatic rings. The Morgan fingerprint density at radius 3 is 2.33 bits per heavy atom. The van der Waals surface area contributed by atoms with Crippen molar-refractivity contribution >= 4 is 16.7 Å². The molecule has 1 aromatic heterocycles. The second-order valence-corrected chi connectivity index (χ2v) is 6.10. The summed E-state index contributed by atoms with van der Waals surface area (Å²) in [4.78, 5) is 24.6. The van der Waals surface area contributed by atoms with Gasteiger partial charge in [0.25, 0.3) is 5.56 Å². The van der Waals surface area contributed by atoms with Crippen LogP contribution in [0.25, 0.3) is 10.8 Å². The standard InChI is InChI=1S/C20H21N3O4/c1-23-20(25)17-7-5-4-6-16(17)18(22-23)11-19(24)21-12-13-8-14(26-2)10-15(9-13)27-3/h4-10H,11-12H2,1-3H3,(H,21,24). The number of nitrogens with one attached hydrogen (secondary N) is 1. The van der Waals surface area contributed by atoms with Gasteiger partial charge in [-0.15, -0.1) is 0 Å². The highest BCUT2D eigenvalue weighted by Gasteiger charge is 2.12. The SMILES string of the molecule is COc1cc(CNC(=O)Cc2nn(C)c(=O)c3ccccc23)cc(OC)c1. The van der Waals surface area contributed by atoms with Crippen LogP contribution in [0.4, 0.5) is 0 Å². The fraction of sp³-hybridized carbons (Fsp3) is 0.250. The second-order valence-electron chi connectivity index (χ2n) is 6.10. The molecule has 0 aliphatic carbocycles. The van der Waals surface area contributed by atoms with Gasteiger partial charge in [0.1, 0.15) is 11.5 Å². The van der Waals surface area contributed by atoms with Crippen molar-refractivity contribution < 1.29 is 14.3 Å². The Morgan fingerprint density at radius 2 is 1.70 bits per heavy atom. The van der Waals surface area contributed by atoms with Crippen LogP contribution in [0.2, 0.25) is 0 Å². The molecule has 0 fully saturated rings. The van der Waals surface area contributed by atoms with Crippen molar-refractivity contribution in [3.8, 4) is 11.5 Å². The number of hydrogen-bond acceptors (Lipinski definition) is 5. The van der Waals surface area contributed by atoms with Gasteiger partial charge < -0.3 is 14.8 Å². The van der Waals surface area contributed by atoms with Crippen molar-refractivity contribution in [2.75, 3.05) is 14.2 Å². The predicted octanol–water partition coefficient (Wildman–Crippen LogP) is 1.81. The molecule has 3 rings (SSSR count). The number of carbonyl (C=O) groups is 1. The van der Waals surface area contributed by atoms with E-state index in [1.54, 1.807) is 45.5 Å². The zero-order valence-corrected chi connectivity index (χ0v) is 15.5. The van der Waals surface area contributed by atoms with Gasteiger partial charge in [0.2, 0.25) is 5.91 Å². The maximum Gasteiger partial charge on any atom is 0.274 e. The Labute approximate surface area is 156 Å². The minimum Gasteiger partial charge on any atom is -0.497 e. The first-order valence-electron chi connectivity index (χ1n) is 8.45. The Hall–Kier alpha value is -3.35. The van der Waals surface area contributed by atoms with Gasteiger partial charge in [0, 0.05) is 25.0 Å². The van der Waals surface area contributed by atoms with Crippen LogP contribution in [-0.4, -0.2) is 29.9 Å². The molecule has 0 atom stereocenters. The fourth-order valence-electron chi connectivity index (χ4n) is 2.89. The molecule has 0 saturated heterocycles. The van der Waals surface area contributed by atoms with Gasteiger partial charge in [-0.2, -0.15) is 5.10 Å². The molecule has 0 unspecified atom stereocenters. The lowest BCUT2D eigenvalue weighted by molar-refractivity contribution is -0.120. The normalized spacial score (nSPS) is 10.6. The third kappa shape index (κ3) is 4.08. The maximum atomic E-state index is 12.4. The van der Waals surface area contributed by atoms with Gasteiger partial charge in [0.05, 0.1) is 31.7 Å². The van der Waals surface area contributed by atoms with Crippen LogP contribution < -0.4 is 20.3 Å². The predicted molar refractivity (Wildman–Crippen MR) is 102 cm³/mol. The van der Waals surface area contributed by atoms with E-state index < -0.39 is 0 Å². The average molecular weight is 367 g/mol. The topological polar surface area (TPSA) is 82.5 Å². The van der Waals surface area contributed by atoms with E-state index in [1.165, 1.54) is 4.68 Å². The van der Waals surface area contributed by atoms with E-state index in [9.17, 15) is 9.59 Å². The molecule has 0 spiro atoms. The first kappa shape index (κ1) is 18.4. The quantitative estimate of drug-likeness (QED) is 0.718.